The van der Waals surface area contributed by atoms with E-state index in [1.165, 1.54) is 11.8 Å². The first kappa shape index (κ1) is 16.0. The van der Waals surface area contributed by atoms with Crippen molar-refractivity contribution in [3.63, 3.8) is 0 Å². The van der Waals surface area contributed by atoms with Gasteiger partial charge in [-0.05, 0) is 24.0 Å². The number of carbonyl (C=O) groups is 1. The van der Waals surface area contributed by atoms with Gasteiger partial charge in [-0.25, -0.2) is 13.1 Å². The van der Waals surface area contributed by atoms with Crippen molar-refractivity contribution in [1.29, 1.82) is 0 Å². The zero-order valence-corrected chi connectivity index (χ0v) is 12.2. The molecule has 0 heterocycles. The van der Waals surface area contributed by atoms with Crippen molar-refractivity contribution in [1.82, 2.24) is 4.72 Å². The average Bonchev–Trinajstić information content (AvgIpc) is 2.34. The molecular formula is C12H17NO4S2. The fourth-order valence-corrected chi connectivity index (χ4v) is 3.36. The van der Waals surface area contributed by atoms with E-state index in [0.717, 1.165) is 0 Å². The van der Waals surface area contributed by atoms with E-state index in [0.29, 0.717) is 11.3 Å². The first-order valence-corrected chi connectivity index (χ1v) is 8.75. The van der Waals surface area contributed by atoms with Crippen LogP contribution in [0.25, 0.3) is 0 Å². The Morgan fingerprint density at radius 1 is 1.37 bits per heavy atom. The standard InChI is InChI=1S/C12H17NO4S2/c1-18-8-7-11(12(14)15)13-19(16,17)9-10-5-3-2-4-6-10/h2-6,11,13H,7-9H2,1H3,(H,14,15)/t11-/m0/s1. The number of aliphatic carboxylic acids is 1. The van der Waals surface area contributed by atoms with Gasteiger partial charge in [0.15, 0.2) is 0 Å². The van der Waals surface area contributed by atoms with Crippen LogP contribution in [0, 0.1) is 0 Å². The molecule has 0 aliphatic heterocycles. The summed E-state index contributed by atoms with van der Waals surface area (Å²) in [7, 11) is -3.65. The Kier molecular flexibility index (Phi) is 6.33. The molecule has 1 aromatic carbocycles. The molecule has 1 rings (SSSR count). The Labute approximate surface area is 117 Å². The minimum Gasteiger partial charge on any atom is -0.480 e. The van der Waals surface area contributed by atoms with Gasteiger partial charge in [0.1, 0.15) is 6.04 Å². The van der Waals surface area contributed by atoms with Crippen LogP contribution in [0.15, 0.2) is 30.3 Å². The van der Waals surface area contributed by atoms with Crippen LogP contribution in [0.1, 0.15) is 12.0 Å². The monoisotopic (exact) mass is 303 g/mol. The Balaban J connectivity index is 2.69. The van der Waals surface area contributed by atoms with E-state index in [1.54, 1.807) is 30.3 Å². The third kappa shape index (κ3) is 6.09. The lowest BCUT2D eigenvalue weighted by Crippen LogP contribution is -2.41. The summed E-state index contributed by atoms with van der Waals surface area (Å²) in [4.78, 5) is 11.0. The van der Waals surface area contributed by atoms with Gasteiger partial charge in [0.2, 0.25) is 10.0 Å². The molecule has 0 unspecified atom stereocenters. The highest BCUT2D eigenvalue weighted by Gasteiger charge is 2.23. The van der Waals surface area contributed by atoms with Crippen LogP contribution in [0.2, 0.25) is 0 Å². The molecule has 2 N–H and O–H groups in total. The van der Waals surface area contributed by atoms with Crippen molar-refractivity contribution in [2.75, 3.05) is 12.0 Å². The fraction of sp³-hybridized carbons (Fsp3) is 0.417. The third-order valence-electron chi connectivity index (χ3n) is 2.43. The van der Waals surface area contributed by atoms with Gasteiger partial charge in [0, 0.05) is 0 Å². The van der Waals surface area contributed by atoms with E-state index < -0.39 is 22.0 Å². The molecule has 0 bridgehead atoms. The number of benzene rings is 1. The number of sulfonamides is 1. The smallest absolute Gasteiger partial charge is 0.321 e. The van der Waals surface area contributed by atoms with Crippen LogP contribution < -0.4 is 4.72 Å². The first-order chi connectivity index (χ1) is 8.94. The van der Waals surface area contributed by atoms with Crippen molar-refractivity contribution in [2.45, 2.75) is 18.2 Å². The summed E-state index contributed by atoms with van der Waals surface area (Å²) in [6.07, 6.45) is 2.11. The molecule has 0 aliphatic rings. The van der Waals surface area contributed by atoms with Gasteiger partial charge < -0.3 is 5.11 Å². The van der Waals surface area contributed by atoms with Crippen molar-refractivity contribution in [3.05, 3.63) is 35.9 Å². The zero-order chi connectivity index (χ0) is 14.3. The molecule has 19 heavy (non-hydrogen) atoms. The molecule has 0 spiro atoms. The number of thioether (sulfide) groups is 1. The number of nitrogens with one attached hydrogen (secondary N) is 1. The summed E-state index contributed by atoms with van der Waals surface area (Å²) in [5.74, 6) is -0.771. The molecule has 0 aliphatic carbocycles. The quantitative estimate of drug-likeness (QED) is 0.756. The minimum absolute atomic E-state index is 0.211. The summed E-state index contributed by atoms with van der Waals surface area (Å²) >= 11 is 1.48. The Bertz CT molecular complexity index is 502. The molecular weight excluding hydrogens is 286 g/mol. The van der Waals surface area contributed by atoms with Crippen LogP contribution in [0.5, 0.6) is 0 Å². The van der Waals surface area contributed by atoms with E-state index in [4.69, 9.17) is 5.11 Å². The summed E-state index contributed by atoms with van der Waals surface area (Å²) in [5.41, 5.74) is 0.629. The largest absolute Gasteiger partial charge is 0.480 e. The lowest BCUT2D eigenvalue weighted by Gasteiger charge is -2.14. The summed E-state index contributed by atoms with van der Waals surface area (Å²) in [6, 6.07) is 7.59. The summed E-state index contributed by atoms with van der Waals surface area (Å²) in [6.45, 7) is 0. The topological polar surface area (TPSA) is 83.5 Å². The molecule has 106 valence electrons. The van der Waals surface area contributed by atoms with Gasteiger partial charge in [-0.3, -0.25) is 4.79 Å². The van der Waals surface area contributed by atoms with E-state index in [2.05, 4.69) is 4.72 Å². The van der Waals surface area contributed by atoms with Gasteiger partial charge in [0.05, 0.1) is 5.75 Å². The second-order valence-corrected chi connectivity index (χ2v) is 6.77. The Morgan fingerprint density at radius 3 is 2.53 bits per heavy atom. The number of carboxylic acids is 1. The molecule has 0 saturated heterocycles. The van der Waals surface area contributed by atoms with Gasteiger partial charge in [-0.15, -0.1) is 0 Å². The maximum atomic E-state index is 11.9. The van der Waals surface area contributed by atoms with Crippen molar-refractivity contribution >= 4 is 27.8 Å². The van der Waals surface area contributed by atoms with E-state index in [9.17, 15) is 13.2 Å². The Morgan fingerprint density at radius 2 is 2.00 bits per heavy atom. The number of carboxylic acid groups (broad SMARTS) is 1. The van der Waals surface area contributed by atoms with Gasteiger partial charge in [-0.1, -0.05) is 30.3 Å². The summed E-state index contributed by atoms with van der Waals surface area (Å²) in [5, 5.41) is 8.99. The normalized spacial score (nSPS) is 13.1. The Hall–Kier alpha value is -1.05. The van der Waals surface area contributed by atoms with Crippen LogP contribution in [0.3, 0.4) is 0 Å². The molecule has 0 aromatic heterocycles. The van der Waals surface area contributed by atoms with E-state index in [-0.39, 0.29) is 12.2 Å². The van der Waals surface area contributed by atoms with Crippen molar-refractivity contribution in [2.24, 2.45) is 0 Å². The number of rotatable bonds is 8. The highest BCUT2D eigenvalue weighted by molar-refractivity contribution is 7.98. The van der Waals surface area contributed by atoms with Crippen LogP contribution in [-0.4, -0.2) is 37.5 Å². The predicted molar refractivity (Wildman–Crippen MR) is 76.6 cm³/mol. The van der Waals surface area contributed by atoms with Crippen LogP contribution in [0.4, 0.5) is 0 Å². The van der Waals surface area contributed by atoms with Crippen LogP contribution in [-0.2, 0) is 20.6 Å². The molecule has 0 saturated carbocycles. The van der Waals surface area contributed by atoms with Crippen molar-refractivity contribution in [3.8, 4) is 0 Å². The minimum atomic E-state index is -3.65. The maximum Gasteiger partial charge on any atom is 0.321 e. The molecule has 0 radical (unpaired) electrons. The second kappa shape index (κ2) is 7.52. The fourth-order valence-electron chi connectivity index (χ4n) is 1.52. The van der Waals surface area contributed by atoms with E-state index >= 15 is 0 Å². The SMILES string of the molecule is CSCC[C@H](NS(=O)(=O)Cc1ccccc1)C(=O)O. The van der Waals surface area contributed by atoms with Gasteiger partial charge >= 0.3 is 5.97 Å². The zero-order valence-electron chi connectivity index (χ0n) is 10.6. The van der Waals surface area contributed by atoms with Gasteiger partial charge in [0.25, 0.3) is 0 Å². The lowest BCUT2D eigenvalue weighted by atomic mass is 10.2. The molecule has 5 nitrogen and oxygen atoms in total. The summed E-state index contributed by atoms with van der Waals surface area (Å²) < 4.78 is 26.0. The van der Waals surface area contributed by atoms with Gasteiger partial charge in [-0.2, -0.15) is 11.8 Å². The van der Waals surface area contributed by atoms with E-state index in [1.807, 2.05) is 6.26 Å². The number of hydrogen-bond acceptors (Lipinski definition) is 4. The van der Waals surface area contributed by atoms with Crippen molar-refractivity contribution < 1.29 is 18.3 Å². The highest BCUT2D eigenvalue weighted by Crippen LogP contribution is 2.07. The highest BCUT2D eigenvalue weighted by atomic mass is 32.2. The average molecular weight is 303 g/mol. The molecule has 1 aromatic rings. The van der Waals surface area contributed by atoms with Crippen LogP contribution >= 0.6 is 11.8 Å². The predicted octanol–water partition coefficient (Wildman–Crippen LogP) is 1.31. The lowest BCUT2D eigenvalue weighted by molar-refractivity contribution is -0.139. The second-order valence-electron chi connectivity index (χ2n) is 4.03. The molecule has 0 fully saturated rings. The molecule has 7 heteroatoms. The molecule has 0 amide bonds. The first-order valence-electron chi connectivity index (χ1n) is 5.70. The number of hydrogen-bond donors (Lipinski definition) is 2. The maximum absolute atomic E-state index is 11.9. The molecule has 1 atom stereocenters. The third-order valence-corrected chi connectivity index (χ3v) is 4.43.